The molecule has 2 N–H and O–H groups in total. The Hall–Kier alpha value is -0.910. The highest BCUT2D eigenvalue weighted by atomic mass is 127. The lowest BCUT2D eigenvalue weighted by Crippen LogP contribution is -2.43. The van der Waals surface area contributed by atoms with Gasteiger partial charge in [-0.15, -0.1) is 24.0 Å². The molecule has 1 heterocycles. The highest BCUT2D eigenvalue weighted by Gasteiger charge is 2.25. The van der Waals surface area contributed by atoms with Crippen LogP contribution in [-0.2, 0) is 21.3 Å². The lowest BCUT2D eigenvalue weighted by atomic mass is 10.2. The number of nitrogens with zero attached hydrogens (tertiary/aromatic N) is 2. The number of nitrogens with one attached hydrogen (secondary N) is 2. The average Bonchev–Trinajstić information content (AvgIpc) is 2.67. The number of guanidine groups is 1. The molecule has 1 aromatic rings. The number of sulfonamides is 1. The van der Waals surface area contributed by atoms with Crippen LogP contribution in [0.1, 0.15) is 38.7 Å². The van der Waals surface area contributed by atoms with Gasteiger partial charge in [-0.1, -0.05) is 18.6 Å². The number of ether oxygens (including phenoxy) is 1. The molecule has 0 bridgehead atoms. The van der Waals surface area contributed by atoms with Gasteiger partial charge in [-0.05, 0) is 44.4 Å². The zero-order valence-electron chi connectivity index (χ0n) is 17.0. The summed E-state index contributed by atoms with van der Waals surface area (Å²) in [6.07, 6.45) is 2.98. The van der Waals surface area contributed by atoms with E-state index in [-0.39, 0.29) is 30.0 Å². The van der Waals surface area contributed by atoms with Crippen LogP contribution >= 0.6 is 24.0 Å². The third-order valence-electron chi connectivity index (χ3n) is 4.44. The minimum atomic E-state index is -3.38. The number of benzene rings is 1. The molecule has 0 aliphatic carbocycles. The van der Waals surface area contributed by atoms with E-state index in [9.17, 15) is 8.42 Å². The van der Waals surface area contributed by atoms with Gasteiger partial charge < -0.3 is 15.4 Å². The molecular formula is C19H33IN4O3S. The maximum absolute atomic E-state index is 12.7. The molecule has 0 aromatic heterocycles. The van der Waals surface area contributed by atoms with Gasteiger partial charge >= 0.3 is 0 Å². The highest BCUT2D eigenvalue weighted by Crippen LogP contribution is 2.21. The summed E-state index contributed by atoms with van der Waals surface area (Å²) in [5.74, 6) is 0.715. The molecule has 28 heavy (non-hydrogen) atoms. The Morgan fingerprint density at radius 2 is 1.86 bits per heavy atom. The van der Waals surface area contributed by atoms with Crippen molar-refractivity contribution in [1.29, 1.82) is 0 Å². The highest BCUT2D eigenvalue weighted by molar-refractivity contribution is 14.0. The Morgan fingerprint density at radius 3 is 2.43 bits per heavy atom. The minimum absolute atomic E-state index is 0. The molecule has 1 aromatic carbocycles. The van der Waals surface area contributed by atoms with E-state index in [0.29, 0.717) is 37.1 Å². The van der Waals surface area contributed by atoms with Crippen molar-refractivity contribution in [2.75, 3.05) is 33.4 Å². The molecule has 1 aliphatic rings. The van der Waals surface area contributed by atoms with Crippen LogP contribution in [0, 0.1) is 0 Å². The number of piperidine rings is 1. The number of rotatable bonds is 8. The summed E-state index contributed by atoms with van der Waals surface area (Å²) in [5, 5.41) is 6.48. The van der Waals surface area contributed by atoms with E-state index in [1.807, 2.05) is 26.0 Å². The first-order chi connectivity index (χ1) is 13.0. The van der Waals surface area contributed by atoms with E-state index >= 15 is 0 Å². The molecule has 1 fully saturated rings. The lowest BCUT2D eigenvalue weighted by Gasteiger charge is -2.25. The quantitative estimate of drug-likeness (QED) is 0.311. The summed E-state index contributed by atoms with van der Waals surface area (Å²) in [4.78, 5) is 4.92. The fourth-order valence-electron chi connectivity index (χ4n) is 3.04. The Labute approximate surface area is 186 Å². The number of aliphatic imine (C=N–C) groups is 1. The van der Waals surface area contributed by atoms with Crippen molar-refractivity contribution in [1.82, 2.24) is 14.9 Å². The summed E-state index contributed by atoms with van der Waals surface area (Å²) in [5.41, 5.74) is 0.962. The molecule has 0 amide bonds. The smallest absolute Gasteiger partial charge is 0.243 e. The van der Waals surface area contributed by atoms with E-state index in [1.165, 1.54) is 0 Å². The van der Waals surface area contributed by atoms with Crippen LogP contribution < -0.4 is 10.6 Å². The van der Waals surface area contributed by atoms with E-state index in [1.54, 1.807) is 23.5 Å². The maximum atomic E-state index is 12.7. The van der Waals surface area contributed by atoms with Gasteiger partial charge in [0, 0.05) is 32.8 Å². The average molecular weight is 524 g/mol. The largest absolute Gasteiger partial charge is 0.383 e. The predicted molar refractivity (Wildman–Crippen MR) is 124 cm³/mol. The molecule has 160 valence electrons. The van der Waals surface area contributed by atoms with Crippen LogP contribution in [0.2, 0.25) is 0 Å². The van der Waals surface area contributed by atoms with Crippen molar-refractivity contribution in [2.24, 2.45) is 4.99 Å². The summed E-state index contributed by atoms with van der Waals surface area (Å²) in [6, 6.07) is 7.18. The number of halogens is 1. The number of methoxy groups -OCH3 is 1. The fraction of sp³-hybridized carbons (Fsp3) is 0.632. The molecular weight excluding hydrogens is 491 g/mol. The topological polar surface area (TPSA) is 83.0 Å². The molecule has 1 saturated heterocycles. The first kappa shape index (κ1) is 25.1. The normalized spacial score (nSPS) is 16.9. The second kappa shape index (κ2) is 12.6. The zero-order valence-corrected chi connectivity index (χ0v) is 20.1. The molecule has 9 heteroatoms. The van der Waals surface area contributed by atoms with E-state index in [0.717, 1.165) is 31.4 Å². The maximum Gasteiger partial charge on any atom is 0.243 e. The first-order valence-corrected chi connectivity index (χ1v) is 11.0. The van der Waals surface area contributed by atoms with Crippen LogP contribution in [0.5, 0.6) is 0 Å². The van der Waals surface area contributed by atoms with Crippen LogP contribution in [0.4, 0.5) is 0 Å². The predicted octanol–water partition coefficient (Wildman–Crippen LogP) is 2.57. The first-order valence-electron chi connectivity index (χ1n) is 9.60. The van der Waals surface area contributed by atoms with Crippen molar-refractivity contribution in [3.63, 3.8) is 0 Å². The molecule has 1 aliphatic heterocycles. The van der Waals surface area contributed by atoms with Gasteiger partial charge in [-0.3, -0.25) is 0 Å². The van der Waals surface area contributed by atoms with Crippen molar-refractivity contribution in [2.45, 2.75) is 50.6 Å². The third kappa shape index (κ3) is 7.49. The lowest BCUT2D eigenvalue weighted by molar-refractivity contribution is 0.179. The van der Waals surface area contributed by atoms with Crippen LogP contribution in [-0.4, -0.2) is 58.1 Å². The van der Waals surface area contributed by atoms with Crippen LogP contribution in [0.15, 0.2) is 34.2 Å². The molecule has 2 rings (SSSR count). The van der Waals surface area contributed by atoms with Gasteiger partial charge in [0.1, 0.15) is 0 Å². The van der Waals surface area contributed by atoms with Crippen molar-refractivity contribution in [3.05, 3.63) is 29.8 Å². The Bertz CT molecular complexity index is 704. The summed E-state index contributed by atoms with van der Waals surface area (Å²) in [7, 11) is -1.71. The Morgan fingerprint density at radius 1 is 1.21 bits per heavy atom. The van der Waals surface area contributed by atoms with Crippen molar-refractivity contribution >= 4 is 40.0 Å². The Kier molecular flexibility index (Phi) is 11.3. The fourth-order valence-corrected chi connectivity index (χ4v) is 4.55. The van der Waals surface area contributed by atoms with Gasteiger partial charge in [0.25, 0.3) is 0 Å². The van der Waals surface area contributed by atoms with Gasteiger partial charge in [-0.25, -0.2) is 13.4 Å². The van der Waals surface area contributed by atoms with Crippen LogP contribution in [0.3, 0.4) is 0 Å². The summed E-state index contributed by atoms with van der Waals surface area (Å²) in [6.45, 7) is 7.09. The molecule has 7 nitrogen and oxygen atoms in total. The van der Waals surface area contributed by atoms with Gasteiger partial charge in [0.05, 0.1) is 18.0 Å². The van der Waals surface area contributed by atoms with E-state index in [2.05, 4.69) is 15.6 Å². The van der Waals surface area contributed by atoms with E-state index in [4.69, 9.17) is 4.74 Å². The number of hydrogen-bond acceptors (Lipinski definition) is 4. The van der Waals surface area contributed by atoms with E-state index < -0.39 is 10.0 Å². The summed E-state index contributed by atoms with van der Waals surface area (Å²) >= 11 is 0. The standard InChI is InChI=1S/C19H32N4O3S.HI/c1-4-20-19(22-16(2)15-26-3)21-14-17-8-10-18(11-9-17)27(24,25)23-12-6-5-7-13-23;/h8-11,16H,4-7,12-15H2,1-3H3,(H2,20,21,22);1H. The summed E-state index contributed by atoms with van der Waals surface area (Å²) < 4.78 is 32.1. The second-order valence-electron chi connectivity index (χ2n) is 6.80. The minimum Gasteiger partial charge on any atom is -0.383 e. The SMILES string of the molecule is CCNC(=NCc1ccc(S(=O)(=O)N2CCCCC2)cc1)NC(C)COC.I. The van der Waals surface area contributed by atoms with Crippen LogP contribution in [0.25, 0.3) is 0 Å². The molecule has 1 unspecified atom stereocenters. The number of hydrogen-bond donors (Lipinski definition) is 2. The zero-order chi connectivity index (χ0) is 19.7. The molecule has 0 spiro atoms. The third-order valence-corrected chi connectivity index (χ3v) is 6.35. The van der Waals surface area contributed by atoms with Gasteiger partial charge in [-0.2, -0.15) is 4.31 Å². The molecule has 1 atom stereocenters. The Balaban J connectivity index is 0.00000392. The second-order valence-corrected chi connectivity index (χ2v) is 8.74. The molecule has 0 radical (unpaired) electrons. The monoisotopic (exact) mass is 524 g/mol. The van der Waals surface area contributed by atoms with Gasteiger partial charge in [0.2, 0.25) is 10.0 Å². The van der Waals surface area contributed by atoms with Crippen molar-refractivity contribution in [3.8, 4) is 0 Å². The van der Waals surface area contributed by atoms with Gasteiger partial charge in [0.15, 0.2) is 5.96 Å². The van der Waals surface area contributed by atoms with Crippen molar-refractivity contribution < 1.29 is 13.2 Å². The molecule has 0 saturated carbocycles.